The van der Waals surface area contributed by atoms with Crippen LogP contribution in [0, 0.1) is 0 Å². The minimum absolute atomic E-state index is 0.778. The summed E-state index contributed by atoms with van der Waals surface area (Å²) in [7, 11) is 0. The highest BCUT2D eigenvalue weighted by atomic mass is 16.2. The maximum absolute atomic E-state index is 7.57. The molecule has 3 N–H and O–H groups in total. The first kappa shape index (κ1) is 3.34. The monoisotopic (exact) mass is 59.0 g/mol. The van der Waals surface area contributed by atoms with Gasteiger partial charge in [-0.3, -0.25) is 0 Å². The van der Waals surface area contributed by atoms with Gasteiger partial charge in [0.1, 0.15) is 0 Å². The quantitative estimate of drug-likeness (QED) is 0.385. The minimum Gasteiger partial charge on any atom is -0.514 e. The molecule has 0 aliphatic carbocycles. The molecule has 0 bridgehead atoms. The maximum Gasteiger partial charge on any atom is 0.0946 e. The molecule has 0 aliphatic rings. The Morgan fingerprint density at radius 1 is 1.75 bits per heavy atom. The highest BCUT2D eigenvalue weighted by Gasteiger charge is 1.33. The van der Waals surface area contributed by atoms with E-state index in [1.165, 1.54) is 0 Å². The lowest BCUT2D eigenvalue weighted by Crippen LogP contribution is -1.71. The summed E-state index contributed by atoms with van der Waals surface area (Å²) in [6.45, 7) is 0. The van der Waals surface area contributed by atoms with Crippen molar-refractivity contribution in [1.29, 1.82) is 0 Å². The van der Waals surface area contributed by atoms with E-state index in [0.29, 0.717) is 0 Å². The normalized spacial score (nSPS) is 9.00. The summed E-state index contributed by atoms with van der Waals surface area (Å²) in [5.41, 5.74) is 4.60. The van der Waals surface area contributed by atoms with Gasteiger partial charge in [-0.25, -0.2) is 0 Å². The van der Waals surface area contributed by atoms with Crippen LogP contribution in [0.25, 0.3) is 0 Å². The van der Waals surface area contributed by atoms with Crippen LogP contribution >= 0.6 is 0 Å². The Bertz CT molecular complexity index is 21.2. The summed E-state index contributed by atoms with van der Waals surface area (Å²) < 4.78 is 0. The van der Waals surface area contributed by atoms with E-state index >= 15 is 0 Å². The Morgan fingerprint density at radius 2 is 2.00 bits per heavy atom. The highest BCUT2D eigenvalue weighted by Crippen LogP contribution is 1.38. The molecule has 0 saturated heterocycles. The molecular formula is C2H5NO. The first-order chi connectivity index (χ1) is 1.91. The molecular weight excluding hydrogens is 54.0 g/mol. The predicted molar refractivity (Wildman–Crippen MR) is 16.0 cm³/mol. The first-order valence-corrected chi connectivity index (χ1v) is 0.925. The van der Waals surface area contributed by atoms with E-state index in [0.717, 1.165) is 12.5 Å². The van der Waals surface area contributed by atoms with Gasteiger partial charge < -0.3 is 10.8 Å². The van der Waals surface area contributed by atoms with E-state index in [1.807, 2.05) is 0 Å². The molecule has 4 heavy (non-hydrogen) atoms. The summed E-state index contributed by atoms with van der Waals surface area (Å²) >= 11 is 0. The molecule has 0 atom stereocenters. The Labute approximate surface area is 24.5 Å². The van der Waals surface area contributed by atoms with Crippen molar-refractivity contribution in [2.75, 3.05) is 0 Å². The molecule has 2 heteroatoms. The number of nitrogens with two attached hydrogens (primary N) is 1. The summed E-state index contributed by atoms with van der Waals surface area (Å²) in [5.74, 6) is 0. The molecule has 0 aromatic carbocycles. The van der Waals surface area contributed by atoms with E-state index in [1.54, 1.807) is 0 Å². The standard InChI is InChI=1S/C2H5NO/c3-1-2-4/h1-2,4H,3H2/b2-1+. The number of hydrogen-bond donors (Lipinski definition) is 2. The van der Waals surface area contributed by atoms with Crippen LogP contribution in [-0.2, 0) is 0 Å². The Balaban J connectivity index is 2.55. The van der Waals surface area contributed by atoms with Gasteiger partial charge >= 0.3 is 0 Å². The Morgan fingerprint density at radius 3 is 2.00 bits per heavy atom. The third-order valence-electron chi connectivity index (χ3n) is 0.0861. The smallest absolute Gasteiger partial charge is 0.0946 e. The van der Waals surface area contributed by atoms with Crippen molar-refractivity contribution >= 4 is 0 Å². The fraction of sp³-hybridized carbons (Fsp3) is 0. The van der Waals surface area contributed by atoms with Crippen LogP contribution in [0.2, 0.25) is 0 Å². The van der Waals surface area contributed by atoms with E-state index < -0.39 is 0 Å². The fourth-order valence-electron chi connectivity index (χ4n) is 0. The lowest BCUT2D eigenvalue weighted by molar-refractivity contribution is 0.472. The van der Waals surface area contributed by atoms with Crippen LogP contribution in [0.3, 0.4) is 0 Å². The molecule has 0 aromatic rings. The first-order valence-electron chi connectivity index (χ1n) is 0.925. The number of rotatable bonds is 0. The highest BCUT2D eigenvalue weighted by molar-refractivity contribution is 4.58. The Hall–Kier alpha value is -0.660. The number of aliphatic hydroxyl groups excluding tert-OH is 1. The molecule has 0 amide bonds. The minimum atomic E-state index is 0.778. The van der Waals surface area contributed by atoms with E-state index in [2.05, 4.69) is 5.73 Å². The second kappa shape index (κ2) is 2.34. The second-order valence-corrected chi connectivity index (χ2v) is 0.342. The van der Waals surface area contributed by atoms with Crippen molar-refractivity contribution < 1.29 is 5.11 Å². The third-order valence-corrected chi connectivity index (χ3v) is 0.0861. The van der Waals surface area contributed by atoms with Gasteiger partial charge in [-0.2, -0.15) is 0 Å². The molecule has 24 valence electrons. The summed E-state index contributed by atoms with van der Waals surface area (Å²) in [4.78, 5) is 0. The molecule has 0 radical (unpaired) electrons. The van der Waals surface area contributed by atoms with Gasteiger partial charge in [0, 0.05) is 6.20 Å². The molecule has 0 aliphatic heterocycles. The van der Waals surface area contributed by atoms with Crippen molar-refractivity contribution in [1.82, 2.24) is 0 Å². The fourth-order valence-corrected chi connectivity index (χ4v) is 0. The van der Waals surface area contributed by atoms with Gasteiger partial charge in [0.05, 0.1) is 6.26 Å². The maximum atomic E-state index is 7.57. The molecule has 0 rings (SSSR count). The van der Waals surface area contributed by atoms with Crippen molar-refractivity contribution in [3.63, 3.8) is 0 Å². The van der Waals surface area contributed by atoms with Gasteiger partial charge in [0.15, 0.2) is 0 Å². The molecule has 0 heterocycles. The molecule has 0 fully saturated rings. The second-order valence-electron chi connectivity index (χ2n) is 0.342. The van der Waals surface area contributed by atoms with Crippen molar-refractivity contribution in [2.24, 2.45) is 5.73 Å². The molecule has 2 nitrogen and oxygen atoms in total. The lowest BCUT2D eigenvalue weighted by Gasteiger charge is -1.56. The van der Waals surface area contributed by atoms with Gasteiger partial charge in [-0.15, -0.1) is 0 Å². The van der Waals surface area contributed by atoms with Crippen LogP contribution in [0.15, 0.2) is 12.5 Å². The van der Waals surface area contributed by atoms with Gasteiger partial charge in [0.25, 0.3) is 0 Å². The van der Waals surface area contributed by atoms with Crippen LogP contribution in [0.1, 0.15) is 0 Å². The van der Waals surface area contributed by atoms with Crippen molar-refractivity contribution in [2.45, 2.75) is 0 Å². The molecule has 0 saturated carbocycles. The van der Waals surface area contributed by atoms with E-state index in [9.17, 15) is 0 Å². The molecule has 0 aromatic heterocycles. The van der Waals surface area contributed by atoms with Crippen molar-refractivity contribution in [3.8, 4) is 0 Å². The average molecular weight is 59.1 g/mol. The SMILES string of the molecule is N/C=C/O. The zero-order valence-electron chi connectivity index (χ0n) is 2.18. The van der Waals surface area contributed by atoms with Crippen LogP contribution < -0.4 is 5.73 Å². The summed E-state index contributed by atoms with van der Waals surface area (Å²) in [6.07, 6.45) is 1.83. The van der Waals surface area contributed by atoms with Crippen LogP contribution in [-0.4, -0.2) is 5.11 Å². The van der Waals surface area contributed by atoms with Crippen LogP contribution in [0.4, 0.5) is 0 Å². The average Bonchev–Trinajstić information content (AvgIpc) is 1.37. The predicted octanol–water partition coefficient (Wildman–Crippen LogP) is -0.0257. The summed E-state index contributed by atoms with van der Waals surface area (Å²) in [5, 5.41) is 7.57. The summed E-state index contributed by atoms with van der Waals surface area (Å²) in [6, 6.07) is 0. The van der Waals surface area contributed by atoms with Crippen molar-refractivity contribution in [3.05, 3.63) is 12.5 Å². The zero-order valence-corrected chi connectivity index (χ0v) is 2.18. The topological polar surface area (TPSA) is 46.2 Å². The van der Waals surface area contributed by atoms with Gasteiger partial charge in [-0.05, 0) is 0 Å². The molecule has 0 unspecified atom stereocenters. The van der Waals surface area contributed by atoms with Crippen LogP contribution in [0.5, 0.6) is 0 Å². The van der Waals surface area contributed by atoms with Gasteiger partial charge in [-0.1, -0.05) is 0 Å². The van der Waals surface area contributed by atoms with E-state index in [-0.39, 0.29) is 0 Å². The third kappa shape index (κ3) is 1.34. The number of aliphatic hydroxyl groups is 1. The number of hydrogen-bond acceptors (Lipinski definition) is 2. The lowest BCUT2D eigenvalue weighted by atomic mass is 11.0. The molecule has 0 spiro atoms. The zero-order chi connectivity index (χ0) is 3.41. The Kier molecular flexibility index (Phi) is 1.95. The van der Waals surface area contributed by atoms with Gasteiger partial charge in [0.2, 0.25) is 0 Å². The van der Waals surface area contributed by atoms with E-state index in [4.69, 9.17) is 5.11 Å². The largest absolute Gasteiger partial charge is 0.514 e.